The number of ether oxygens (including phenoxy) is 1. The number of nitrogens with zero attached hydrogens (tertiary/aromatic N) is 2. The van der Waals surface area contributed by atoms with Gasteiger partial charge in [-0.05, 0) is 37.9 Å². The molecule has 1 aliphatic rings. The highest BCUT2D eigenvalue weighted by atomic mass is 19.1. The van der Waals surface area contributed by atoms with Crippen LogP contribution in [0.25, 0.3) is 0 Å². The molecule has 108 valence electrons. The van der Waals surface area contributed by atoms with E-state index >= 15 is 0 Å². The molecular formula is C15H20FN3O. The van der Waals surface area contributed by atoms with E-state index < -0.39 is 5.82 Å². The highest BCUT2D eigenvalue weighted by Crippen LogP contribution is 2.26. The van der Waals surface area contributed by atoms with Crippen molar-refractivity contribution < 1.29 is 9.13 Å². The second-order valence-electron chi connectivity index (χ2n) is 4.95. The lowest BCUT2D eigenvalue weighted by atomic mass is 10.0. The van der Waals surface area contributed by atoms with Gasteiger partial charge in [-0.15, -0.1) is 0 Å². The van der Waals surface area contributed by atoms with Gasteiger partial charge in [0.15, 0.2) is 0 Å². The number of nitrogens with two attached hydrogens (primary N) is 1. The number of hydrogen-bond donors (Lipinski definition) is 1. The average molecular weight is 277 g/mol. The molecule has 2 rings (SSSR count). The van der Waals surface area contributed by atoms with Crippen molar-refractivity contribution in [1.29, 1.82) is 5.26 Å². The molecule has 5 heteroatoms. The van der Waals surface area contributed by atoms with E-state index in [4.69, 9.17) is 15.7 Å². The molecule has 0 amide bonds. The van der Waals surface area contributed by atoms with Gasteiger partial charge in [0.2, 0.25) is 0 Å². The lowest BCUT2D eigenvalue weighted by Gasteiger charge is -2.34. The van der Waals surface area contributed by atoms with E-state index in [1.807, 2.05) is 6.07 Å². The summed E-state index contributed by atoms with van der Waals surface area (Å²) in [5.74, 6) is -0.452. The van der Waals surface area contributed by atoms with Gasteiger partial charge in [-0.2, -0.15) is 5.26 Å². The summed E-state index contributed by atoms with van der Waals surface area (Å²) < 4.78 is 19.3. The Morgan fingerprint density at radius 1 is 1.40 bits per heavy atom. The van der Waals surface area contributed by atoms with E-state index in [1.165, 1.54) is 6.07 Å². The van der Waals surface area contributed by atoms with Crippen LogP contribution in [0.3, 0.4) is 0 Å². The van der Waals surface area contributed by atoms with Gasteiger partial charge in [0, 0.05) is 19.7 Å². The fourth-order valence-electron chi connectivity index (χ4n) is 2.48. The van der Waals surface area contributed by atoms with Crippen LogP contribution in [0.4, 0.5) is 10.1 Å². The largest absolute Gasteiger partial charge is 0.378 e. The number of anilines is 1. The van der Waals surface area contributed by atoms with Crippen LogP contribution >= 0.6 is 0 Å². The van der Waals surface area contributed by atoms with Crippen LogP contribution in [-0.4, -0.2) is 32.3 Å². The summed E-state index contributed by atoms with van der Waals surface area (Å²) in [6.45, 7) is 2.91. The second kappa shape index (κ2) is 7.22. The van der Waals surface area contributed by atoms with Crippen LogP contribution in [0.1, 0.15) is 24.8 Å². The molecule has 0 atom stereocenters. The maximum absolute atomic E-state index is 13.6. The molecule has 1 aromatic carbocycles. The third-order valence-corrected chi connectivity index (χ3v) is 3.59. The SMILES string of the molecule is N#Cc1c(F)cccc1N1CCC(OCCCN)CC1. The van der Waals surface area contributed by atoms with Crippen LogP contribution < -0.4 is 10.6 Å². The standard InChI is InChI=1S/C15H20FN3O/c16-14-3-1-4-15(13(14)11-18)19-8-5-12(6-9-19)20-10-2-7-17/h1,3-4,12H,2,5-10,17H2. The first-order chi connectivity index (χ1) is 9.76. The molecule has 2 N–H and O–H groups in total. The van der Waals surface area contributed by atoms with Crippen LogP contribution in [0.15, 0.2) is 18.2 Å². The summed E-state index contributed by atoms with van der Waals surface area (Å²) in [4.78, 5) is 2.06. The van der Waals surface area contributed by atoms with Gasteiger partial charge in [0.1, 0.15) is 17.4 Å². The average Bonchev–Trinajstić information content (AvgIpc) is 2.48. The predicted octanol–water partition coefficient (Wildman–Crippen LogP) is 2.03. The number of nitriles is 1. The maximum atomic E-state index is 13.6. The first-order valence-electron chi connectivity index (χ1n) is 7.01. The lowest BCUT2D eigenvalue weighted by molar-refractivity contribution is 0.0366. The number of piperidine rings is 1. The molecule has 20 heavy (non-hydrogen) atoms. The monoisotopic (exact) mass is 277 g/mol. The minimum atomic E-state index is -0.452. The fourth-order valence-corrected chi connectivity index (χ4v) is 2.48. The van der Waals surface area contributed by atoms with E-state index in [1.54, 1.807) is 12.1 Å². The lowest BCUT2D eigenvalue weighted by Crippen LogP contribution is -2.37. The van der Waals surface area contributed by atoms with Crippen LogP contribution in [0, 0.1) is 17.1 Å². The van der Waals surface area contributed by atoms with Crippen molar-refractivity contribution in [3.05, 3.63) is 29.6 Å². The molecule has 1 aliphatic heterocycles. The normalized spacial score (nSPS) is 16.1. The van der Waals surface area contributed by atoms with Crippen molar-refractivity contribution in [3.63, 3.8) is 0 Å². The van der Waals surface area contributed by atoms with E-state index in [0.29, 0.717) is 18.8 Å². The van der Waals surface area contributed by atoms with E-state index in [2.05, 4.69) is 4.90 Å². The third kappa shape index (κ3) is 3.47. The molecule has 0 radical (unpaired) electrons. The molecule has 0 aromatic heterocycles. The van der Waals surface area contributed by atoms with Crippen molar-refractivity contribution in [2.75, 3.05) is 31.1 Å². The minimum absolute atomic E-state index is 0.134. The van der Waals surface area contributed by atoms with Gasteiger partial charge in [-0.25, -0.2) is 4.39 Å². The van der Waals surface area contributed by atoms with Crippen LogP contribution in [-0.2, 0) is 4.74 Å². The Morgan fingerprint density at radius 3 is 2.80 bits per heavy atom. The van der Waals surface area contributed by atoms with E-state index in [-0.39, 0.29) is 11.7 Å². The molecular weight excluding hydrogens is 257 g/mol. The highest BCUT2D eigenvalue weighted by Gasteiger charge is 2.22. The molecule has 0 saturated carbocycles. The predicted molar refractivity (Wildman–Crippen MR) is 76.0 cm³/mol. The van der Waals surface area contributed by atoms with Crippen molar-refractivity contribution in [2.45, 2.75) is 25.4 Å². The molecule has 0 spiro atoms. The summed E-state index contributed by atoms with van der Waals surface area (Å²) >= 11 is 0. The number of rotatable bonds is 5. The summed E-state index contributed by atoms with van der Waals surface area (Å²) in [6.07, 6.45) is 2.91. The summed E-state index contributed by atoms with van der Waals surface area (Å²) in [5.41, 5.74) is 6.26. The summed E-state index contributed by atoms with van der Waals surface area (Å²) in [7, 11) is 0. The Labute approximate surface area is 118 Å². The number of benzene rings is 1. The van der Waals surface area contributed by atoms with Gasteiger partial charge in [-0.3, -0.25) is 0 Å². The fraction of sp³-hybridized carbons (Fsp3) is 0.533. The highest BCUT2D eigenvalue weighted by molar-refractivity contribution is 5.60. The topological polar surface area (TPSA) is 62.3 Å². The molecule has 0 aliphatic carbocycles. The minimum Gasteiger partial charge on any atom is -0.378 e. The van der Waals surface area contributed by atoms with Gasteiger partial charge in [-0.1, -0.05) is 6.07 Å². The molecule has 1 saturated heterocycles. The Balaban J connectivity index is 1.94. The van der Waals surface area contributed by atoms with E-state index in [9.17, 15) is 4.39 Å². The first-order valence-corrected chi connectivity index (χ1v) is 7.01. The van der Waals surface area contributed by atoms with Crippen molar-refractivity contribution in [3.8, 4) is 6.07 Å². The Bertz CT molecular complexity index is 478. The van der Waals surface area contributed by atoms with Crippen molar-refractivity contribution in [1.82, 2.24) is 0 Å². The Hall–Kier alpha value is -1.64. The first kappa shape index (κ1) is 14.8. The zero-order valence-corrected chi connectivity index (χ0v) is 11.5. The zero-order chi connectivity index (χ0) is 14.4. The van der Waals surface area contributed by atoms with Crippen molar-refractivity contribution in [2.24, 2.45) is 5.73 Å². The molecule has 1 heterocycles. The maximum Gasteiger partial charge on any atom is 0.143 e. The molecule has 1 aromatic rings. The van der Waals surface area contributed by atoms with Crippen LogP contribution in [0.5, 0.6) is 0 Å². The van der Waals surface area contributed by atoms with Gasteiger partial charge in [0.25, 0.3) is 0 Å². The van der Waals surface area contributed by atoms with Crippen molar-refractivity contribution >= 4 is 5.69 Å². The molecule has 0 unspecified atom stereocenters. The quantitative estimate of drug-likeness (QED) is 0.837. The van der Waals surface area contributed by atoms with Gasteiger partial charge >= 0.3 is 0 Å². The van der Waals surface area contributed by atoms with Crippen LogP contribution in [0.2, 0.25) is 0 Å². The molecule has 4 nitrogen and oxygen atoms in total. The van der Waals surface area contributed by atoms with E-state index in [0.717, 1.165) is 32.4 Å². The number of halogens is 1. The Kier molecular flexibility index (Phi) is 5.33. The summed E-state index contributed by atoms with van der Waals surface area (Å²) in [6, 6.07) is 6.73. The number of hydrogen-bond acceptors (Lipinski definition) is 4. The zero-order valence-electron chi connectivity index (χ0n) is 11.5. The smallest absolute Gasteiger partial charge is 0.143 e. The summed E-state index contributed by atoms with van der Waals surface area (Å²) in [5, 5.41) is 9.07. The molecule has 0 bridgehead atoms. The van der Waals surface area contributed by atoms with Gasteiger partial charge in [0.05, 0.1) is 11.8 Å². The third-order valence-electron chi connectivity index (χ3n) is 3.59. The molecule has 1 fully saturated rings. The Morgan fingerprint density at radius 2 is 2.15 bits per heavy atom. The van der Waals surface area contributed by atoms with Gasteiger partial charge < -0.3 is 15.4 Å². The second-order valence-corrected chi connectivity index (χ2v) is 4.95.